The van der Waals surface area contributed by atoms with Gasteiger partial charge in [-0.3, -0.25) is 4.72 Å². The van der Waals surface area contributed by atoms with Crippen molar-refractivity contribution in [2.75, 3.05) is 10.0 Å². The molecule has 4 rings (SSSR count). The second-order valence-electron chi connectivity index (χ2n) is 6.56. The number of aliphatic hydroxyl groups excluding tert-OH is 1. The first-order valence-corrected chi connectivity index (χ1v) is 10.3. The summed E-state index contributed by atoms with van der Waals surface area (Å²) in [5, 5.41) is 22.0. The number of rotatable bonds is 6. The third-order valence-corrected chi connectivity index (χ3v) is 5.40. The van der Waals surface area contributed by atoms with Crippen molar-refractivity contribution >= 4 is 38.4 Å². The smallest absolute Gasteiger partial charge is 0.282 e. The Bertz CT molecular complexity index is 1340. The highest BCUT2D eigenvalue weighted by Gasteiger charge is 2.21. The van der Waals surface area contributed by atoms with Crippen LogP contribution in [0.4, 0.5) is 17.3 Å². The molecule has 0 unspecified atom stereocenters. The van der Waals surface area contributed by atoms with Crippen LogP contribution < -0.4 is 10.0 Å². The summed E-state index contributed by atoms with van der Waals surface area (Å²) in [6.07, 6.45) is 2.75. The van der Waals surface area contributed by atoms with Crippen molar-refractivity contribution in [1.82, 2.24) is 19.5 Å². The first-order chi connectivity index (χ1) is 14.3. The van der Waals surface area contributed by atoms with Gasteiger partial charge in [-0.1, -0.05) is 12.1 Å². The van der Waals surface area contributed by atoms with Gasteiger partial charge in [0.15, 0.2) is 16.7 Å². The van der Waals surface area contributed by atoms with E-state index in [1.165, 1.54) is 29.2 Å². The molecule has 0 spiro atoms. The minimum absolute atomic E-state index is 0.0340. The number of phenolic OH excluding ortho intramolecular Hbond substituents is 1. The molecule has 2 aromatic heterocycles. The summed E-state index contributed by atoms with van der Waals surface area (Å²) in [6.45, 7) is -0.272. The molecule has 154 valence electrons. The summed E-state index contributed by atoms with van der Waals surface area (Å²) in [5.41, 5.74) is 1.92. The minimum atomic E-state index is -4.01. The van der Waals surface area contributed by atoms with Crippen LogP contribution in [0.15, 0.2) is 60.0 Å². The fourth-order valence-electron chi connectivity index (χ4n) is 2.84. The van der Waals surface area contributed by atoms with Gasteiger partial charge in [-0.25, -0.2) is 15.0 Å². The Morgan fingerprint density at radius 1 is 1.07 bits per heavy atom. The highest BCUT2D eigenvalue weighted by Crippen LogP contribution is 2.29. The summed E-state index contributed by atoms with van der Waals surface area (Å²) >= 11 is 0. The normalized spacial score (nSPS) is 11.5. The van der Waals surface area contributed by atoms with Crippen molar-refractivity contribution in [3.8, 4) is 5.75 Å². The molecule has 0 saturated carbocycles. The molecule has 4 N–H and O–H groups in total. The average Bonchev–Trinajstić information content (AvgIpc) is 3.15. The lowest BCUT2D eigenvalue weighted by Gasteiger charge is -2.14. The number of fused-ring (bicyclic) bond motifs is 1. The Kier molecular flexibility index (Phi) is 4.98. The molecule has 0 bridgehead atoms. The number of hydrogen-bond donors (Lipinski definition) is 4. The van der Waals surface area contributed by atoms with E-state index in [1.807, 2.05) is 0 Å². The number of nitrogens with one attached hydrogen (secondary N) is 2. The lowest BCUT2D eigenvalue weighted by molar-refractivity contribution is 0.281. The topological polar surface area (TPSA) is 142 Å². The van der Waals surface area contributed by atoms with E-state index < -0.39 is 10.0 Å². The van der Waals surface area contributed by atoms with E-state index in [4.69, 9.17) is 0 Å². The number of aliphatic hydroxyl groups is 1. The Morgan fingerprint density at radius 3 is 2.40 bits per heavy atom. The Balaban J connectivity index is 1.79. The molecule has 0 atom stereocenters. The summed E-state index contributed by atoms with van der Waals surface area (Å²) in [7, 11) is -2.35. The largest absolute Gasteiger partial charge is 0.508 e. The molecule has 0 aliphatic rings. The molecule has 10 nitrogen and oxygen atoms in total. The minimum Gasteiger partial charge on any atom is -0.508 e. The van der Waals surface area contributed by atoms with E-state index in [0.717, 1.165) is 0 Å². The van der Waals surface area contributed by atoms with Crippen LogP contribution >= 0.6 is 0 Å². The molecule has 11 heteroatoms. The van der Waals surface area contributed by atoms with Gasteiger partial charge in [0.25, 0.3) is 10.0 Å². The van der Waals surface area contributed by atoms with Crippen LogP contribution in [0.5, 0.6) is 5.75 Å². The highest BCUT2D eigenvalue weighted by atomic mass is 32.2. The summed E-state index contributed by atoms with van der Waals surface area (Å²) in [5.74, 6) is 0.0318. The molecular formula is C19H18N6O4S. The molecule has 0 fully saturated rings. The number of para-hydroxylation sites is 2. The predicted molar refractivity (Wildman–Crippen MR) is 111 cm³/mol. The number of aromatic hydroxyl groups is 1. The van der Waals surface area contributed by atoms with Crippen molar-refractivity contribution in [2.45, 2.75) is 11.6 Å². The van der Waals surface area contributed by atoms with Gasteiger partial charge in [0.05, 0.1) is 24.0 Å². The monoisotopic (exact) mass is 426 g/mol. The van der Waals surface area contributed by atoms with Gasteiger partial charge >= 0.3 is 0 Å². The predicted octanol–water partition coefficient (Wildman–Crippen LogP) is 2.11. The Hall–Kier alpha value is -3.70. The zero-order valence-electron chi connectivity index (χ0n) is 15.8. The average molecular weight is 426 g/mol. The molecule has 0 aliphatic heterocycles. The fourth-order valence-corrected chi connectivity index (χ4v) is 3.83. The van der Waals surface area contributed by atoms with Crippen LogP contribution in [0.3, 0.4) is 0 Å². The van der Waals surface area contributed by atoms with Crippen LogP contribution in [-0.2, 0) is 23.7 Å². The van der Waals surface area contributed by atoms with Crippen molar-refractivity contribution in [1.29, 1.82) is 0 Å². The number of benzene rings is 2. The van der Waals surface area contributed by atoms with Crippen LogP contribution in [0.25, 0.3) is 11.0 Å². The molecule has 2 aromatic carbocycles. The third kappa shape index (κ3) is 4.02. The molecule has 30 heavy (non-hydrogen) atoms. The van der Waals surface area contributed by atoms with Crippen molar-refractivity contribution in [2.24, 2.45) is 7.05 Å². The molecule has 0 amide bonds. The zero-order valence-corrected chi connectivity index (χ0v) is 16.6. The number of anilines is 3. The number of aromatic nitrogens is 4. The van der Waals surface area contributed by atoms with Crippen molar-refractivity contribution in [3.63, 3.8) is 0 Å². The molecule has 0 aliphatic carbocycles. The number of aryl methyl sites for hydroxylation is 1. The lowest BCUT2D eigenvalue weighted by Crippen LogP contribution is -2.16. The first-order valence-electron chi connectivity index (χ1n) is 8.82. The van der Waals surface area contributed by atoms with Gasteiger partial charge in [-0.15, -0.1) is 0 Å². The lowest BCUT2D eigenvalue weighted by atomic mass is 10.2. The van der Waals surface area contributed by atoms with E-state index in [2.05, 4.69) is 25.0 Å². The SMILES string of the molecule is Cn1cnc(S(=O)(=O)Nc2nc3ccccc3nc2Nc2cc(O)cc(CO)c2)c1. The molecule has 0 saturated heterocycles. The van der Waals surface area contributed by atoms with Crippen LogP contribution in [0.1, 0.15) is 5.56 Å². The maximum atomic E-state index is 12.8. The van der Waals surface area contributed by atoms with E-state index >= 15 is 0 Å². The molecule has 4 aromatic rings. The second kappa shape index (κ2) is 7.61. The summed E-state index contributed by atoms with van der Waals surface area (Å²) in [4.78, 5) is 12.7. The fraction of sp³-hybridized carbons (Fsp3) is 0.105. The van der Waals surface area contributed by atoms with E-state index in [-0.39, 0.29) is 29.0 Å². The van der Waals surface area contributed by atoms with Crippen LogP contribution in [0, 0.1) is 0 Å². The van der Waals surface area contributed by atoms with Gasteiger partial charge in [0.2, 0.25) is 0 Å². The van der Waals surface area contributed by atoms with Crippen molar-refractivity contribution in [3.05, 3.63) is 60.6 Å². The third-order valence-electron chi connectivity index (χ3n) is 4.18. The maximum absolute atomic E-state index is 12.8. The Labute approximate surface area is 171 Å². The number of imidazole rings is 1. The van der Waals surface area contributed by atoms with E-state index in [9.17, 15) is 18.6 Å². The number of phenols is 1. The summed E-state index contributed by atoms with van der Waals surface area (Å²) < 4.78 is 29.4. The molecule has 0 radical (unpaired) electrons. The summed E-state index contributed by atoms with van der Waals surface area (Å²) in [6, 6.07) is 11.5. The van der Waals surface area contributed by atoms with E-state index in [1.54, 1.807) is 37.4 Å². The van der Waals surface area contributed by atoms with Gasteiger partial charge in [0.1, 0.15) is 5.75 Å². The highest BCUT2D eigenvalue weighted by molar-refractivity contribution is 7.92. The maximum Gasteiger partial charge on any atom is 0.282 e. The second-order valence-corrected chi connectivity index (χ2v) is 8.19. The number of hydrogen-bond acceptors (Lipinski definition) is 8. The number of nitrogens with zero attached hydrogens (tertiary/aromatic N) is 4. The van der Waals surface area contributed by atoms with E-state index in [0.29, 0.717) is 22.3 Å². The van der Waals surface area contributed by atoms with Crippen LogP contribution in [-0.4, -0.2) is 38.1 Å². The van der Waals surface area contributed by atoms with Crippen LogP contribution in [0.2, 0.25) is 0 Å². The van der Waals surface area contributed by atoms with Gasteiger partial charge in [-0.05, 0) is 29.8 Å². The first kappa shape index (κ1) is 19.6. The van der Waals surface area contributed by atoms with Crippen molar-refractivity contribution < 1.29 is 18.6 Å². The molecule has 2 heterocycles. The molecular weight excluding hydrogens is 408 g/mol. The van der Waals surface area contributed by atoms with Gasteiger partial charge < -0.3 is 20.1 Å². The standard InChI is InChI=1S/C19H18N6O4S/c1-25-9-17(20-11-25)30(28,29)24-19-18(22-15-4-2-3-5-16(15)23-19)21-13-6-12(10-26)7-14(27)8-13/h2-9,11,26-27H,10H2,1H3,(H,21,22)(H,23,24). The zero-order chi connectivity index (χ0) is 21.3. The quantitative estimate of drug-likeness (QED) is 0.367. The number of sulfonamides is 1. The van der Waals surface area contributed by atoms with Gasteiger partial charge in [-0.2, -0.15) is 8.42 Å². The van der Waals surface area contributed by atoms with Gasteiger partial charge in [0, 0.05) is 25.0 Å². The Morgan fingerprint density at radius 2 is 1.77 bits per heavy atom.